The Balaban J connectivity index is 0.000000154. The Labute approximate surface area is 876 Å². The van der Waals surface area contributed by atoms with Gasteiger partial charge in [-0.1, -0.05) is 135 Å². The zero-order chi connectivity index (χ0) is 98.7. The van der Waals surface area contributed by atoms with E-state index >= 15 is 0 Å². The lowest BCUT2D eigenvalue weighted by Crippen LogP contribution is -2.17. The molecule has 0 aliphatic heterocycles. The number of hydrogen-bond donors (Lipinski definition) is 7. The summed E-state index contributed by atoms with van der Waals surface area (Å²) in [4.78, 5) is 98.9. The maximum Gasteiger partial charge on any atom is 0.335 e. The summed E-state index contributed by atoms with van der Waals surface area (Å²) in [5.74, 6) is 7.38. The summed E-state index contributed by atoms with van der Waals surface area (Å²) in [6.45, 7) is 18.2. The van der Waals surface area contributed by atoms with Crippen LogP contribution in [0.15, 0.2) is 255 Å². The minimum Gasteiger partial charge on any atom is -0.496 e. The molecule has 0 saturated carbocycles. The highest BCUT2D eigenvalue weighted by Crippen LogP contribution is 2.39. The number of aromatic nitrogens is 21. The second-order valence-electron chi connectivity index (χ2n) is 30.2. The van der Waals surface area contributed by atoms with Crippen LogP contribution in [0.2, 0.25) is 39.3 Å². The fourth-order valence-corrected chi connectivity index (χ4v) is 19.0. The normalized spacial score (nSPS) is 11.0. The van der Waals surface area contributed by atoms with E-state index in [1.807, 2.05) is 93.1 Å². The van der Waals surface area contributed by atoms with Crippen molar-refractivity contribution in [3.8, 4) is 67.9 Å². The lowest BCUT2D eigenvalue weighted by molar-refractivity contribution is -0.114. The Hall–Kier alpha value is -10.7. The second kappa shape index (κ2) is 47.6. The quantitative estimate of drug-likeness (QED) is 0.0359. The Bertz CT molecular complexity index is 7830. The Morgan fingerprint density at radius 3 is 1.49 bits per heavy atom. The van der Waals surface area contributed by atoms with E-state index < -0.39 is 42.2 Å². The maximum atomic E-state index is 13.3. The molecule has 13 aromatic heterocycles. The maximum absolute atomic E-state index is 13.3. The zero-order valence-corrected chi connectivity index (χ0v) is 93.8. The average molecular weight is 2640 g/mol. The van der Waals surface area contributed by atoms with Crippen molar-refractivity contribution in [2.75, 3.05) is 31.0 Å². The van der Waals surface area contributed by atoms with Gasteiger partial charge in [0.1, 0.15) is 92.1 Å². The summed E-state index contributed by atoms with van der Waals surface area (Å²) in [7, 11) is -7.18. The molecule has 1 amide bonds. The molecule has 5 aromatic carbocycles. The van der Waals surface area contributed by atoms with Gasteiger partial charge in [-0.15, -0.1) is 11.1 Å². The number of nitrogen functional groups attached to an aromatic ring is 2. The molecule has 0 spiro atoms. The number of carbonyl (C=O) groups excluding carboxylic acids is 1. The minimum absolute atomic E-state index is 0.183. The number of hydrogen-bond acceptors (Lipinski definition) is 26. The summed E-state index contributed by atoms with van der Waals surface area (Å²) in [6.07, 6.45) is 21.2. The molecular formula is C89H76Br8I2N24O9S2Si2. The van der Waals surface area contributed by atoms with E-state index in [4.69, 9.17) is 25.9 Å². The molecule has 0 aliphatic rings. The SMILES string of the molecule is Brc1cnc2[nH]cc(I)c2n1.Brc1cnc2[nH]ccc2n1.CC(=O)Nc1ncc(Br)nc1C#C[Si](C)(C)C.COc1ccccc1-c1c[nH]c2ncc(-c3cccc(C(=O)O)c3)nc12.COc1ccccc1-c1cn(S(=O)(=O)c2ccc(C)cc2)c2ncc(Br)nc12.C[Si](C)(C)C#Cc1nc(Br)cnc1N.Cc1ccc(S(=O)(=O)n2cc(I)c3nc(Br)cnc32)cc1.Nc1ncc(Br)nc1Br. The van der Waals surface area contributed by atoms with Crippen molar-refractivity contribution in [2.24, 2.45) is 0 Å². The summed E-state index contributed by atoms with van der Waals surface area (Å²) in [6, 6.07) is 37.1. The first-order valence-electron chi connectivity index (χ1n) is 39.5. The van der Waals surface area contributed by atoms with Crippen LogP contribution >= 0.6 is 173 Å². The number of nitrogens with one attached hydrogen (secondary N) is 4. The van der Waals surface area contributed by atoms with Crippen LogP contribution in [0.5, 0.6) is 11.5 Å². The molecule has 0 aliphatic carbocycles. The molecule has 47 heteroatoms. The molecule has 0 saturated heterocycles. The van der Waals surface area contributed by atoms with Crippen LogP contribution in [0.1, 0.15) is 39.8 Å². The number of aryl methyl sites for hydroxylation is 2. The van der Waals surface area contributed by atoms with E-state index in [0.717, 1.165) is 72.2 Å². The number of anilines is 3. The summed E-state index contributed by atoms with van der Waals surface area (Å²) in [5.41, 5.74) is 31.5. The number of benzene rings is 5. The van der Waals surface area contributed by atoms with Gasteiger partial charge in [-0.05, 0) is 241 Å². The lowest BCUT2D eigenvalue weighted by atomic mass is 10.1. The number of nitrogens with two attached hydrogens (primary N) is 2. The molecule has 136 heavy (non-hydrogen) atoms. The van der Waals surface area contributed by atoms with Crippen molar-refractivity contribution in [1.29, 1.82) is 0 Å². The van der Waals surface area contributed by atoms with Crippen molar-refractivity contribution < 1.29 is 41.0 Å². The second-order valence-corrected chi connectivity index (χ2v) is 52.1. The van der Waals surface area contributed by atoms with Gasteiger partial charge in [-0.25, -0.2) is 109 Å². The predicted molar refractivity (Wildman–Crippen MR) is 577 cm³/mol. The highest BCUT2D eigenvalue weighted by molar-refractivity contribution is 14.1. The standard InChI is InChI=1S/C20H16BrN3O3S.C20H15N3O3.C13H9BrIN3O2S.C11H14BrN3OSi.C9H12BrN3Si.C6H3BrIN3.C6H4BrN3.C4H3Br2N3/c1-13-7-9-14(10-8-13)28(25,26)24-12-16(15-5-3-4-6-17(15)27-2)19-20(24)22-11-18(21)23-19;1-26-17-8-3-2-7-14(17)15-10-21-19-18(15)23-16(11-22-19)12-5-4-6-13(9-12)20(24)25;1-8-2-4-9(5-3-8)21(19,20)18-7-10(15)12-13(18)16-6-11(14)17-12;1-8(16)14-11-9(5-6-17(2,3)4)15-10(12)7-13-11;1-14(2,3)5-4-7-9(11)12-6-8(10)13-7;7-4-2-10-6-5(11-4)3(8)1-9-6;7-5-3-9-6-4(10-5)1-2-8-6;5-2-1-8-4(7)3(6)9-2/h3-12H,1-2H3;2-11H,1H3,(H,21,22)(H,24,25);2-7H,1H3;7H,1-4H3,(H,13,14,16);6H,1-3H3,(H2,11,12);1-2H,(H,9,10);1-3H,(H,8,9);1H,(H2,7,8). The van der Waals surface area contributed by atoms with Crippen LogP contribution in [0, 0.1) is 43.9 Å². The zero-order valence-electron chi connectivity index (χ0n) is 73.1. The van der Waals surface area contributed by atoms with Gasteiger partial charge in [0.05, 0.1) is 92.0 Å². The first-order valence-corrected chi connectivity index (χ1v) is 57.9. The third kappa shape index (κ3) is 28.8. The van der Waals surface area contributed by atoms with Crippen molar-refractivity contribution in [3.63, 3.8) is 0 Å². The largest absolute Gasteiger partial charge is 0.496 e. The van der Waals surface area contributed by atoms with Gasteiger partial charge in [0.25, 0.3) is 20.0 Å². The predicted octanol–water partition coefficient (Wildman–Crippen LogP) is 21.9. The summed E-state index contributed by atoms with van der Waals surface area (Å²) >= 11 is 30.1. The number of amides is 1. The molecule has 13 heterocycles. The van der Waals surface area contributed by atoms with Crippen molar-refractivity contribution >= 4 is 294 Å². The number of fused-ring (bicyclic) bond motifs is 5. The number of methoxy groups -OCH3 is 2. The van der Waals surface area contributed by atoms with Gasteiger partial charge in [-0.3, -0.25) is 4.79 Å². The molecule has 18 rings (SSSR count). The minimum atomic E-state index is -3.84. The third-order valence-corrected chi connectivity index (χ3v) is 27.7. The number of H-pyrrole nitrogens is 3. The fraction of sp³-hybridized carbons (Fsp3) is 0.124. The van der Waals surface area contributed by atoms with E-state index in [2.05, 4.69) is 330 Å². The van der Waals surface area contributed by atoms with E-state index in [0.29, 0.717) is 107 Å². The van der Waals surface area contributed by atoms with E-state index in [-0.39, 0.29) is 26.9 Å². The summed E-state index contributed by atoms with van der Waals surface area (Å²) < 4.78 is 72.2. The molecule has 0 fully saturated rings. The molecule has 9 N–H and O–H groups in total. The topological polar surface area (TPSA) is 469 Å². The van der Waals surface area contributed by atoms with Crippen LogP contribution in [0.25, 0.3) is 89.3 Å². The molecule has 0 radical (unpaired) electrons. The number of carboxylic acid groups (broad SMARTS) is 1. The van der Waals surface area contributed by atoms with Crippen LogP contribution in [-0.4, -0.2) is 167 Å². The number of aromatic carboxylic acids is 1. The van der Waals surface area contributed by atoms with E-state index in [9.17, 15) is 31.5 Å². The Morgan fingerprint density at radius 1 is 0.463 bits per heavy atom. The number of nitrogens with zero attached hydrogens (tertiary/aromatic N) is 18. The number of rotatable bonds is 11. The molecule has 33 nitrogen and oxygen atoms in total. The number of ether oxygens (including phenoxy) is 2. The van der Waals surface area contributed by atoms with Crippen molar-refractivity contribution in [1.82, 2.24) is 103 Å². The number of carboxylic acids is 1. The van der Waals surface area contributed by atoms with Crippen molar-refractivity contribution in [3.05, 3.63) is 280 Å². The fourth-order valence-electron chi connectivity index (χ4n) is 11.5. The van der Waals surface area contributed by atoms with Gasteiger partial charge < -0.3 is 46.3 Å². The van der Waals surface area contributed by atoms with Gasteiger partial charge >= 0.3 is 5.97 Å². The van der Waals surface area contributed by atoms with Gasteiger partial charge in [0.2, 0.25) is 5.91 Å². The highest BCUT2D eigenvalue weighted by atomic mass is 127. The monoisotopic (exact) mass is 2630 g/mol. The smallest absolute Gasteiger partial charge is 0.335 e. The third-order valence-electron chi connectivity index (χ3n) is 17.7. The van der Waals surface area contributed by atoms with Gasteiger partial charge in [0, 0.05) is 65.7 Å². The average Bonchev–Trinajstić information content (AvgIpc) is 1.58. The molecule has 0 atom stereocenters. The Kier molecular flexibility index (Phi) is 37.0. The van der Waals surface area contributed by atoms with Crippen LogP contribution in [0.4, 0.5) is 17.5 Å². The first-order chi connectivity index (χ1) is 64.5. The lowest BCUT2D eigenvalue weighted by Gasteiger charge is -2.07. The number of aromatic amines is 3. The Morgan fingerprint density at radius 2 is 0.926 bits per heavy atom. The summed E-state index contributed by atoms with van der Waals surface area (Å²) in [5, 5.41) is 11.8. The van der Waals surface area contributed by atoms with E-state index in [1.165, 1.54) is 39.7 Å². The molecular weight excluding hydrogens is 2560 g/mol. The molecule has 0 unspecified atom stereocenters. The number of carbonyl (C=O) groups is 2. The van der Waals surface area contributed by atoms with Gasteiger partial charge in [0.15, 0.2) is 57.1 Å². The van der Waals surface area contributed by atoms with Gasteiger partial charge in [-0.2, -0.15) is 0 Å². The number of halogens is 10. The molecule has 18 aromatic rings. The van der Waals surface area contributed by atoms with Crippen LogP contribution in [0.3, 0.4) is 0 Å². The van der Waals surface area contributed by atoms with Crippen molar-refractivity contribution in [2.45, 2.75) is 69.8 Å². The number of para-hydroxylation sites is 2. The highest BCUT2D eigenvalue weighted by Gasteiger charge is 2.27. The van der Waals surface area contributed by atoms with Crippen LogP contribution < -0.4 is 26.3 Å². The van der Waals surface area contributed by atoms with Crippen LogP contribution in [-0.2, 0) is 24.8 Å². The molecule has 0 bridgehead atoms. The molecule has 696 valence electrons. The first kappa shape index (κ1) is 106. The van der Waals surface area contributed by atoms with E-state index in [1.54, 1.807) is 118 Å².